The van der Waals surface area contributed by atoms with E-state index >= 15 is 0 Å². The number of nitrogens with zero attached hydrogens (tertiary/aromatic N) is 1. The van der Waals surface area contributed by atoms with E-state index < -0.39 is 5.91 Å². The number of carbonyl (C=O) groups is 2. The van der Waals surface area contributed by atoms with Gasteiger partial charge in [-0.3, -0.25) is 15.0 Å². The summed E-state index contributed by atoms with van der Waals surface area (Å²) in [5, 5.41) is 3.71. The smallest absolute Gasteiger partial charge is 0.286 e. The van der Waals surface area contributed by atoms with E-state index in [1.54, 1.807) is 24.3 Å². The van der Waals surface area contributed by atoms with Gasteiger partial charge < -0.3 is 4.74 Å². The third kappa shape index (κ3) is 3.56. The van der Waals surface area contributed by atoms with Gasteiger partial charge in [-0.15, -0.1) is 0 Å². The van der Waals surface area contributed by atoms with Gasteiger partial charge in [0.2, 0.25) is 5.91 Å². The van der Waals surface area contributed by atoms with Gasteiger partial charge in [0.05, 0.1) is 7.11 Å². The number of carbonyl (C=O) groups excluding carboxylic acids is 2. The van der Waals surface area contributed by atoms with E-state index in [2.05, 4.69) is 10.5 Å². The molecule has 0 unspecified atom stereocenters. The number of methoxy groups -OCH3 is 1. The first-order valence-corrected chi connectivity index (χ1v) is 5.08. The second-order valence-corrected chi connectivity index (χ2v) is 3.33. The van der Waals surface area contributed by atoms with E-state index in [-0.39, 0.29) is 11.6 Å². The van der Waals surface area contributed by atoms with Gasteiger partial charge in [-0.2, -0.15) is 5.10 Å². The van der Waals surface area contributed by atoms with Gasteiger partial charge >= 0.3 is 0 Å². The average molecular weight is 250 g/mol. The van der Waals surface area contributed by atoms with Crippen LogP contribution in [0.1, 0.15) is 12.5 Å². The molecule has 0 aromatic heterocycles. The number of ether oxygens (including phenoxy) is 1. The molecule has 1 rings (SSSR count). The lowest BCUT2D eigenvalue weighted by Crippen LogP contribution is -2.38. The van der Waals surface area contributed by atoms with Gasteiger partial charge in [-0.05, 0) is 12.1 Å². The predicted molar refractivity (Wildman–Crippen MR) is 65.7 cm³/mol. The normalized spacial score (nSPS) is 10.7. The fraction of sp³-hybridized carbons (Fsp3) is 0.182. The maximum atomic E-state index is 11.6. The van der Waals surface area contributed by atoms with Crippen molar-refractivity contribution in [1.82, 2.24) is 10.9 Å². The summed E-state index contributed by atoms with van der Waals surface area (Å²) in [7, 11) is 1.51. The maximum absolute atomic E-state index is 11.6. The van der Waals surface area contributed by atoms with E-state index in [0.29, 0.717) is 11.3 Å². The van der Waals surface area contributed by atoms with Gasteiger partial charge in [-0.1, -0.05) is 12.1 Å². The number of rotatable bonds is 4. The molecule has 18 heavy (non-hydrogen) atoms. The highest BCUT2D eigenvalue weighted by atomic mass is 16.5. The molecule has 0 saturated heterocycles. The highest BCUT2D eigenvalue weighted by Crippen LogP contribution is 2.13. The van der Waals surface area contributed by atoms with Crippen LogP contribution in [0, 0.1) is 0 Å². The summed E-state index contributed by atoms with van der Waals surface area (Å²) in [5.41, 5.74) is 4.62. The van der Waals surface area contributed by atoms with E-state index in [1.807, 2.05) is 5.43 Å². The lowest BCUT2D eigenvalue weighted by atomic mass is 10.1. The summed E-state index contributed by atoms with van der Waals surface area (Å²) in [6.07, 6.45) is 0. The Morgan fingerprint density at radius 1 is 1.39 bits per heavy atom. The van der Waals surface area contributed by atoms with Gasteiger partial charge in [0.1, 0.15) is 5.75 Å². The molecule has 0 spiro atoms. The Hall–Kier alpha value is -2.41. The van der Waals surface area contributed by atoms with Crippen molar-refractivity contribution < 1.29 is 14.3 Å². The molecule has 1 aromatic rings. The summed E-state index contributed by atoms with van der Waals surface area (Å²) in [6.45, 7) is 1.28. The Morgan fingerprint density at radius 2 is 2.11 bits per heavy atom. The van der Waals surface area contributed by atoms with Crippen LogP contribution < -0.4 is 21.4 Å². The summed E-state index contributed by atoms with van der Waals surface area (Å²) < 4.78 is 5.04. The molecule has 7 heteroatoms. The largest absolute Gasteiger partial charge is 0.497 e. The number of benzene rings is 1. The zero-order valence-electron chi connectivity index (χ0n) is 10.1. The number of amides is 2. The summed E-state index contributed by atoms with van der Waals surface area (Å²) in [5.74, 6) is 4.62. The minimum absolute atomic E-state index is 0.00778. The van der Waals surface area contributed by atoms with E-state index in [1.165, 1.54) is 14.0 Å². The van der Waals surface area contributed by atoms with Crippen molar-refractivity contribution in [3.8, 4) is 5.75 Å². The van der Waals surface area contributed by atoms with E-state index in [4.69, 9.17) is 10.6 Å². The Balaban J connectivity index is 3.12. The third-order valence-corrected chi connectivity index (χ3v) is 2.01. The summed E-state index contributed by atoms with van der Waals surface area (Å²) in [4.78, 5) is 22.4. The number of nitrogens with two attached hydrogens (primary N) is 1. The Bertz CT molecular complexity index is 485. The number of hydrogen-bond acceptors (Lipinski definition) is 5. The summed E-state index contributed by atoms with van der Waals surface area (Å²) in [6, 6.07) is 6.68. The monoisotopic (exact) mass is 250 g/mol. The average Bonchev–Trinajstić information content (AvgIpc) is 2.38. The molecule has 1 aromatic carbocycles. The Kier molecular flexibility index (Phi) is 4.82. The van der Waals surface area contributed by atoms with Crippen LogP contribution in [-0.2, 0) is 9.59 Å². The zero-order valence-corrected chi connectivity index (χ0v) is 10.1. The topological polar surface area (TPSA) is 106 Å². The second-order valence-electron chi connectivity index (χ2n) is 3.33. The molecule has 0 fully saturated rings. The third-order valence-electron chi connectivity index (χ3n) is 2.01. The molecule has 7 nitrogen and oxygen atoms in total. The highest BCUT2D eigenvalue weighted by molar-refractivity contribution is 6.45. The van der Waals surface area contributed by atoms with Gasteiger partial charge in [0, 0.05) is 12.5 Å². The van der Waals surface area contributed by atoms with Crippen LogP contribution >= 0.6 is 0 Å². The van der Waals surface area contributed by atoms with Crippen molar-refractivity contribution in [1.29, 1.82) is 0 Å². The lowest BCUT2D eigenvalue weighted by molar-refractivity contribution is -0.118. The SMILES string of the molecule is COc1cccc(C(=NNC(C)=O)C(=O)NN)c1. The van der Waals surface area contributed by atoms with Crippen molar-refractivity contribution in [2.24, 2.45) is 10.9 Å². The van der Waals surface area contributed by atoms with E-state index in [9.17, 15) is 9.59 Å². The molecule has 0 atom stereocenters. The molecule has 0 heterocycles. The fourth-order valence-corrected chi connectivity index (χ4v) is 1.22. The fourth-order valence-electron chi connectivity index (χ4n) is 1.22. The van der Waals surface area contributed by atoms with Crippen molar-refractivity contribution in [3.63, 3.8) is 0 Å². The van der Waals surface area contributed by atoms with Crippen LogP contribution in [0.3, 0.4) is 0 Å². The van der Waals surface area contributed by atoms with Gasteiger partial charge in [0.25, 0.3) is 5.91 Å². The van der Waals surface area contributed by atoms with Crippen LogP contribution in [0.4, 0.5) is 0 Å². The highest BCUT2D eigenvalue weighted by Gasteiger charge is 2.14. The quantitative estimate of drug-likeness (QED) is 0.290. The minimum Gasteiger partial charge on any atom is -0.497 e. The lowest BCUT2D eigenvalue weighted by Gasteiger charge is -2.07. The number of nitrogens with one attached hydrogen (secondary N) is 2. The first kappa shape index (κ1) is 13.7. The van der Waals surface area contributed by atoms with Gasteiger partial charge in [0.15, 0.2) is 5.71 Å². The Morgan fingerprint density at radius 3 is 2.67 bits per heavy atom. The van der Waals surface area contributed by atoms with Crippen molar-refractivity contribution >= 4 is 17.5 Å². The first-order chi connectivity index (χ1) is 8.58. The molecule has 0 aliphatic carbocycles. The molecule has 0 aliphatic rings. The molecule has 0 radical (unpaired) electrons. The number of hydrogen-bond donors (Lipinski definition) is 3. The van der Waals surface area contributed by atoms with Gasteiger partial charge in [-0.25, -0.2) is 11.3 Å². The number of hydrazine groups is 1. The minimum atomic E-state index is -0.614. The molecule has 2 amide bonds. The maximum Gasteiger partial charge on any atom is 0.286 e. The van der Waals surface area contributed by atoms with Crippen molar-refractivity contribution in [2.45, 2.75) is 6.92 Å². The molecule has 4 N–H and O–H groups in total. The van der Waals surface area contributed by atoms with Crippen molar-refractivity contribution in [2.75, 3.05) is 7.11 Å². The Labute approximate surface area is 104 Å². The summed E-state index contributed by atoms with van der Waals surface area (Å²) >= 11 is 0. The first-order valence-electron chi connectivity index (χ1n) is 5.08. The van der Waals surface area contributed by atoms with Crippen molar-refractivity contribution in [3.05, 3.63) is 29.8 Å². The van der Waals surface area contributed by atoms with E-state index in [0.717, 1.165) is 0 Å². The van der Waals surface area contributed by atoms with Crippen LogP contribution in [-0.4, -0.2) is 24.6 Å². The zero-order chi connectivity index (χ0) is 13.5. The molecule has 0 bridgehead atoms. The molecule has 96 valence electrons. The van der Waals surface area contributed by atoms with Crippen LogP contribution in [0.5, 0.6) is 5.75 Å². The number of hydrazone groups is 1. The molecule has 0 saturated carbocycles. The standard InChI is InChI=1S/C11H14N4O3/c1-7(16)14-15-10(11(17)13-12)8-4-3-5-9(6-8)18-2/h3-6H,12H2,1-2H3,(H,13,17)(H,14,16). The molecular weight excluding hydrogens is 236 g/mol. The van der Waals surface area contributed by atoms with Crippen LogP contribution in [0.2, 0.25) is 0 Å². The molecular formula is C11H14N4O3. The van der Waals surface area contributed by atoms with Crippen LogP contribution in [0.15, 0.2) is 29.4 Å². The second kappa shape index (κ2) is 6.36. The molecule has 0 aliphatic heterocycles. The van der Waals surface area contributed by atoms with Crippen LogP contribution in [0.25, 0.3) is 0 Å². The predicted octanol–water partition coefficient (Wildman–Crippen LogP) is -0.475.